The molecule has 1 aliphatic carbocycles. The molecule has 0 spiro atoms. The van der Waals surface area contributed by atoms with Gasteiger partial charge in [-0.2, -0.15) is 0 Å². The van der Waals surface area contributed by atoms with E-state index < -0.39 is 71.0 Å². The lowest BCUT2D eigenvalue weighted by molar-refractivity contribution is -0.152. The van der Waals surface area contributed by atoms with E-state index in [-0.39, 0.29) is 68.1 Å². The zero-order chi connectivity index (χ0) is 56.8. The molecule has 78 heavy (non-hydrogen) atoms. The summed E-state index contributed by atoms with van der Waals surface area (Å²) in [6.07, 6.45) is 2.96. The quantitative estimate of drug-likeness (QED) is 0.0678. The fourth-order valence-electron chi connectivity index (χ4n) is 10.8. The number of likely N-dealkylation sites (N-methyl/N-ethyl adjacent to an activating group) is 2. The van der Waals surface area contributed by atoms with Gasteiger partial charge in [0.1, 0.15) is 24.2 Å². The van der Waals surface area contributed by atoms with Gasteiger partial charge in [-0.25, -0.2) is 0 Å². The number of carbonyl (C=O) groups excluding carboxylic acids is 7. The highest BCUT2D eigenvalue weighted by atomic mass is 35.5. The lowest BCUT2D eigenvalue weighted by Gasteiger charge is -2.43. The van der Waals surface area contributed by atoms with Gasteiger partial charge in [0.2, 0.25) is 35.4 Å². The first-order valence-corrected chi connectivity index (χ1v) is 27.7. The standard InChI is InChI=1S/C61H80ClN9O7/c1-36(63-10)53(72)67-51(60(4,5)6)58(77)70-34-44-20-13-12-19-43(44)31-50(70)57(76)69(38(3)42-22-16-23-45(62)30-42)33-39-26-28-41(29-27-39)55(74)65-46-32-49(56(75)66-48-25-17-21-40-18-14-15-24-47(40)48)71(35-46)59(78)52(61(7,8)9)68-54(73)37(2)64-11/h12-16,18-20,22-24,26-30,36-38,46,48-52,63-64H,17,21,25,31-35H2,1-11H3,(H,65,74)(H,66,75)(H,67,72)(H,68,73)/t36?,37?,38-,46-,48+,49-,50?,51?,52?/m0/s1. The number of halogens is 1. The molecule has 3 aliphatic rings. The molecule has 2 aliphatic heterocycles. The van der Waals surface area contributed by atoms with E-state index in [4.69, 9.17) is 11.6 Å². The van der Waals surface area contributed by atoms with Crippen molar-refractivity contribution in [1.82, 2.24) is 46.6 Å². The van der Waals surface area contributed by atoms with E-state index in [1.807, 2.05) is 109 Å². The van der Waals surface area contributed by atoms with Crippen LogP contribution in [-0.4, -0.2) is 119 Å². The van der Waals surface area contributed by atoms with E-state index in [0.29, 0.717) is 16.1 Å². The molecule has 9 atom stereocenters. The van der Waals surface area contributed by atoms with Gasteiger partial charge in [0.25, 0.3) is 5.91 Å². The Kier molecular flexibility index (Phi) is 18.9. The van der Waals surface area contributed by atoms with Gasteiger partial charge in [0.05, 0.1) is 24.2 Å². The Morgan fingerprint density at radius 1 is 0.679 bits per heavy atom. The summed E-state index contributed by atoms with van der Waals surface area (Å²) in [4.78, 5) is 105. The Bertz CT molecular complexity index is 2850. The van der Waals surface area contributed by atoms with Gasteiger partial charge in [-0.15, -0.1) is 0 Å². The summed E-state index contributed by atoms with van der Waals surface area (Å²) in [7, 11) is 3.34. The van der Waals surface area contributed by atoms with Gasteiger partial charge in [-0.05, 0) is 129 Å². The minimum absolute atomic E-state index is 0.0353. The zero-order valence-corrected chi connectivity index (χ0v) is 47.9. The van der Waals surface area contributed by atoms with Crippen molar-refractivity contribution in [2.24, 2.45) is 10.8 Å². The summed E-state index contributed by atoms with van der Waals surface area (Å²) in [5.41, 5.74) is 4.48. The Balaban J connectivity index is 1.15. The van der Waals surface area contributed by atoms with Gasteiger partial charge in [-0.3, -0.25) is 33.6 Å². The van der Waals surface area contributed by atoms with Gasteiger partial charge >= 0.3 is 0 Å². The van der Waals surface area contributed by atoms with Crippen LogP contribution in [0.3, 0.4) is 0 Å². The maximum absolute atomic E-state index is 15.5. The van der Waals surface area contributed by atoms with Gasteiger partial charge < -0.3 is 46.6 Å². The minimum atomic E-state index is -0.973. The number of rotatable bonds is 17. The number of carbonyl (C=O) groups is 7. The molecule has 16 nitrogen and oxygen atoms in total. The van der Waals surface area contributed by atoms with E-state index in [1.165, 1.54) is 10.5 Å². The normalized spacial score (nSPS) is 20.2. The summed E-state index contributed by atoms with van der Waals surface area (Å²) in [5.74, 6) is -2.51. The predicted octanol–water partition coefficient (Wildman–Crippen LogP) is 6.55. The van der Waals surface area contributed by atoms with Gasteiger partial charge in [0, 0.05) is 42.7 Å². The molecule has 7 rings (SSSR count). The fraction of sp³-hybridized carbons (Fsp3) is 0.492. The van der Waals surface area contributed by atoms with E-state index >= 15 is 4.79 Å². The monoisotopic (exact) mass is 1090 g/mol. The van der Waals surface area contributed by atoms with Crippen LogP contribution in [0.25, 0.3) is 0 Å². The topological polar surface area (TPSA) is 201 Å². The molecule has 0 aromatic heterocycles. The SMILES string of the molecule is CNC(C)C(=O)NC(C(=O)N1Cc2ccccc2CC1C(=O)N(Cc1ccc(C(=O)N[C@H]2C[C@@H](C(=O)N[C@@H]3CCCc4ccccc43)N(C(=O)C(NC(=O)C(C)NC)C(C)(C)C)C2)cc1)[C@@H](C)c1cccc(Cl)c1)C(C)(C)C. The molecule has 0 saturated carbocycles. The molecule has 4 aromatic carbocycles. The van der Waals surface area contributed by atoms with E-state index in [9.17, 15) is 28.8 Å². The van der Waals surface area contributed by atoms with Crippen LogP contribution >= 0.6 is 11.6 Å². The second-order valence-electron chi connectivity index (χ2n) is 23.5. The maximum Gasteiger partial charge on any atom is 0.251 e. The third kappa shape index (κ3) is 13.8. The van der Waals surface area contributed by atoms with Crippen LogP contribution < -0.4 is 31.9 Å². The van der Waals surface area contributed by atoms with Crippen molar-refractivity contribution in [3.8, 4) is 0 Å². The highest BCUT2D eigenvalue weighted by molar-refractivity contribution is 6.30. The van der Waals surface area contributed by atoms with Crippen molar-refractivity contribution in [2.45, 2.75) is 162 Å². The molecule has 0 radical (unpaired) electrons. The summed E-state index contributed by atoms with van der Waals surface area (Å²) >= 11 is 6.54. The number of nitrogens with one attached hydrogen (secondary N) is 6. The molecule has 6 N–H and O–H groups in total. The average molecular weight is 1090 g/mol. The lowest BCUT2D eigenvalue weighted by Crippen LogP contribution is -2.62. The van der Waals surface area contributed by atoms with Crippen LogP contribution in [0.5, 0.6) is 0 Å². The number of hydrogen-bond acceptors (Lipinski definition) is 9. The van der Waals surface area contributed by atoms with E-state index in [2.05, 4.69) is 38.0 Å². The molecular weight excluding hydrogens is 1010 g/mol. The van der Waals surface area contributed by atoms with Crippen molar-refractivity contribution in [3.05, 3.63) is 141 Å². The molecule has 0 bridgehead atoms. The first-order chi connectivity index (χ1) is 36.9. The molecule has 2 heterocycles. The van der Waals surface area contributed by atoms with Crippen LogP contribution in [0.4, 0.5) is 0 Å². The highest BCUT2D eigenvalue weighted by Gasteiger charge is 2.47. The van der Waals surface area contributed by atoms with Crippen molar-refractivity contribution in [3.63, 3.8) is 0 Å². The van der Waals surface area contributed by atoms with Crippen molar-refractivity contribution < 1.29 is 33.6 Å². The first-order valence-electron chi connectivity index (χ1n) is 27.4. The first kappa shape index (κ1) is 59.0. The number of likely N-dealkylation sites (tertiary alicyclic amines) is 1. The zero-order valence-electron chi connectivity index (χ0n) is 47.2. The Labute approximate surface area is 465 Å². The smallest absolute Gasteiger partial charge is 0.251 e. The fourth-order valence-corrected chi connectivity index (χ4v) is 11.0. The third-order valence-corrected chi connectivity index (χ3v) is 16.1. The molecular formula is C61H80ClN9O7. The number of nitrogens with zero attached hydrogens (tertiary/aromatic N) is 3. The van der Waals surface area contributed by atoms with Crippen molar-refractivity contribution >= 4 is 53.0 Å². The molecule has 1 fully saturated rings. The largest absolute Gasteiger partial charge is 0.347 e. The number of amides is 7. The number of aryl methyl sites for hydroxylation is 1. The number of benzene rings is 4. The summed E-state index contributed by atoms with van der Waals surface area (Å²) in [5, 5.41) is 18.7. The molecule has 1 saturated heterocycles. The number of fused-ring (bicyclic) bond motifs is 2. The highest BCUT2D eigenvalue weighted by Crippen LogP contribution is 2.35. The van der Waals surface area contributed by atoms with Crippen LogP contribution in [0.2, 0.25) is 5.02 Å². The summed E-state index contributed by atoms with van der Waals surface area (Å²) in [6, 6.07) is 23.8. The van der Waals surface area contributed by atoms with Crippen molar-refractivity contribution in [2.75, 3.05) is 20.6 Å². The molecule has 418 valence electrons. The summed E-state index contributed by atoms with van der Waals surface area (Å²) < 4.78 is 0. The Hall–Kier alpha value is -6.62. The second-order valence-corrected chi connectivity index (χ2v) is 24.0. The summed E-state index contributed by atoms with van der Waals surface area (Å²) in [6.45, 7) is 16.9. The molecule has 4 aromatic rings. The van der Waals surface area contributed by atoms with Crippen LogP contribution in [-0.2, 0) is 54.7 Å². The number of hydrogen-bond donors (Lipinski definition) is 6. The van der Waals surface area contributed by atoms with Crippen molar-refractivity contribution in [1.29, 1.82) is 0 Å². The molecule has 5 unspecified atom stereocenters. The maximum atomic E-state index is 15.5. The van der Waals surface area contributed by atoms with Crippen LogP contribution in [0, 0.1) is 10.8 Å². The van der Waals surface area contributed by atoms with E-state index in [1.54, 1.807) is 68.1 Å². The van der Waals surface area contributed by atoms with Gasteiger partial charge in [-0.1, -0.05) is 126 Å². The Morgan fingerprint density at radius 2 is 1.26 bits per heavy atom. The average Bonchev–Trinajstić information content (AvgIpc) is 3.96. The molecule has 17 heteroatoms. The molecule has 7 amide bonds. The van der Waals surface area contributed by atoms with E-state index in [0.717, 1.165) is 41.5 Å². The van der Waals surface area contributed by atoms with Crippen LogP contribution in [0.15, 0.2) is 97.1 Å². The minimum Gasteiger partial charge on any atom is -0.347 e. The van der Waals surface area contributed by atoms with Gasteiger partial charge in [0.15, 0.2) is 0 Å². The van der Waals surface area contributed by atoms with Crippen LogP contribution in [0.1, 0.15) is 137 Å². The predicted molar refractivity (Wildman–Crippen MR) is 303 cm³/mol. The third-order valence-electron chi connectivity index (χ3n) is 15.8. The Morgan fingerprint density at radius 3 is 1.85 bits per heavy atom. The second kappa shape index (κ2) is 25.0. The lowest BCUT2D eigenvalue weighted by atomic mass is 9.84.